The molecule has 0 saturated carbocycles. The first-order valence-corrected chi connectivity index (χ1v) is 5.20. The van der Waals surface area contributed by atoms with E-state index < -0.39 is 0 Å². The molecule has 0 aromatic heterocycles. The normalized spacial score (nSPS) is 11.6. The number of aliphatic imine (C=N–C) groups is 1. The highest BCUT2D eigenvalue weighted by Crippen LogP contribution is 2.07. The first kappa shape index (κ1) is 12.4. The predicted molar refractivity (Wildman–Crippen MR) is 68.0 cm³/mol. The fraction of sp³-hybridized carbons (Fsp3) is 0.364. The minimum absolute atomic E-state index is 0.391. The van der Waals surface area contributed by atoms with Crippen molar-refractivity contribution >= 4 is 28.8 Å². The molecular formula is C11H14IN. The molecule has 0 radical (unpaired) electrons. The van der Waals surface area contributed by atoms with Gasteiger partial charge in [0.1, 0.15) is 0 Å². The highest BCUT2D eigenvalue weighted by molar-refractivity contribution is 14.1. The molecule has 0 heterocycles. The Morgan fingerprint density at radius 1 is 1.54 bits per heavy atom. The van der Waals surface area contributed by atoms with Crippen LogP contribution in [-0.4, -0.2) is 6.21 Å². The third-order valence-electron chi connectivity index (χ3n) is 1.54. The zero-order valence-electron chi connectivity index (χ0n) is 8.26. The zero-order chi connectivity index (χ0) is 10.3. The first-order valence-electron chi connectivity index (χ1n) is 4.12. The third-order valence-corrected chi connectivity index (χ3v) is 1.81. The quantitative estimate of drug-likeness (QED) is 0.427. The maximum atomic E-state index is 4.22. The second-order valence-electron chi connectivity index (χ2n) is 2.87. The number of nitrogens with zero attached hydrogens (tertiary/aromatic N) is 1. The Bertz CT molecular complexity index is 287. The summed E-state index contributed by atoms with van der Waals surface area (Å²) in [5.41, 5.74) is 1.81. The monoisotopic (exact) mass is 287 g/mol. The molecule has 70 valence electrons. The van der Waals surface area contributed by atoms with E-state index >= 15 is 0 Å². The van der Waals surface area contributed by atoms with E-state index in [4.69, 9.17) is 0 Å². The minimum atomic E-state index is 0.391. The SMILES string of the molecule is C=C(N=C/C(C#CI)=C\C)C(C)C. The van der Waals surface area contributed by atoms with Crippen LogP contribution < -0.4 is 0 Å². The van der Waals surface area contributed by atoms with Gasteiger partial charge < -0.3 is 0 Å². The summed E-state index contributed by atoms with van der Waals surface area (Å²) in [6, 6.07) is 0. The van der Waals surface area contributed by atoms with E-state index in [1.165, 1.54) is 0 Å². The lowest BCUT2D eigenvalue weighted by molar-refractivity contribution is 0.763. The predicted octanol–water partition coefficient (Wildman–Crippen LogP) is 3.57. The first-order chi connectivity index (χ1) is 6.11. The summed E-state index contributed by atoms with van der Waals surface area (Å²) in [4.78, 5) is 4.22. The minimum Gasteiger partial charge on any atom is -0.260 e. The van der Waals surface area contributed by atoms with Crippen LogP contribution in [0, 0.1) is 15.8 Å². The van der Waals surface area contributed by atoms with Crippen molar-refractivity contribution in [1.82, 2.24) is 0 Å². The van der Waals surface area contributed by atoms with E-state index in [0.29, 0.717) is 5.92 Å². The number of halogens is 1. The fourth-order valence-electron chi connectivity index (χ4n) is 0.535. The smallest absolute Gasteiger partial charge is 0.0424 e. The lowest BCUT2D eigenvalue weighted by Gasteiger charge is -2.01. The van der Waals surface area contributed by atoms with E-state index in [1.807, 2.05) is 35.6 Å². The van der Waals surface area contributed by atoms with Crippen molar-refractivity contribution in [2.24, 2.45) is 10.9 Å². The van der Waals surface area contributed by atoms with Gasteiger partial charge in [-0.25, -0.2) is 0 Å². The van der Waals surface area contributed by atoms with Gasteiger partial charge in [0.25, 0.3) is 0 Å². The summed E-state index contributed by atoms with van der Waals surface area (Å²) in [5.74, 6) is 3.32. The van der Waals surface area contributed by atoms with Crippen molar-refractivity contribution < 1.29 is 0 Å². The molecule has 0 atom stereocenters. The molecule has 0 spiro atoms. The molecule has 0 rings (SSSR count). The van der Waals surface area contributed by atoms with Gasteiger partial charge in [0.2, 0.25) is 0 Å². The van der Waals surface area contributed by atoms with Crippen molar-refractivity contribution in [3.05, 3.63) is 23.9 Å². The van der Waals surface area contributed by atoms with Crippen molar-refractivity contribution in [3.63, 3.8) is 0 Å². The summed E-state index contributed by atoms with van der Waals surface area (Å²) >= 11 is 2.01. The molecular weight excluding hydrogens is 273 g/mol. The van der Waals surface area contributed by atoms with Crippen molar-refractivity contribution in [1.29, 1.82) is 0 Å². The molecule has 0 aromatic rings. The van der Waals surface area contributed by atoms with Crippen LogP contribution in [0.2, 0.25) is 0 Å². The van der Waals surface area contributed by atoms with E-state index in [2.05, 4.69) is 35.3 Å². The van der Waals surface area contributed by atoms with Gasteiger partial charge in [-0.1, -0.05) is 32.4 Å². The summed E-state index contributed by atoms with van der Waals surface area (Å²) in [5, 5.41) is 0. The van der Waals surface area contributed by atoms with E-state index in [9.17, 15) is 0 Å². The number of hydrogen-bond donors (Lipinski definition) is 0. The molecule has 0 aliphatic carbocycles. The Hall–Kier alpha value is -0.560. The lowest BCUT2D eigenvalue weighted by Crippen LogP contribution is -1.89. The van der Waals surface area contributed by atoms with Crippen LogP contribution in [0.25, 0.3) is 0 Å². The summed E-state index contributed by atoms with van der Waals surface area (Å²) in [7, 11) is 0. The Labute approximate surface area is 94.2 Å². The highest BCUT2D eigenvalue weighted by Gasteiger charge is 1.95. The summed E-state index contributed by atoms with van der Waals surface area (Å²) in [6.07, 6.45) is 3.69. The van der Waals surface area contributed by atoms with Gasteiger partial charge in [0.15, 0.2) is 0 Å². The molecule has 0 bridgehead atoms. The van der Waals surface area contributed by atoms with Crippen molar-refractivity contribution in [2.75, 3.05) is 0 Å². The van der Waals surface area contributed by atoms with Gasteiger partial charge in [0, 0.05) is 40.1 Å². The molecule has 13 heavy (non-hydrogen) atoms. The maximum Gasteiger partial charge on any atom is 0.0424 e. The van der Waals surface area contributed by atoms with E-state index in [1.54, 1.807) is 6.21 Å². The van der Waals surface area contributed by atoms with Crippen LogP contribution >= 0.6 is 22.6 Å². The highest BCUT2D eigenvalue weighted by atomic mass is 127. The van der Waals surface area contributed by atoms with Crippen molar-refractivity contribution in [3.8, 4) is 9.85 Å². The van der Waals surface area contributed by atoms with Crippen molar-refractivity contribution in [2.45, 2.75) is 20.8 Å². The molecule has 0 unspecified atom stereocenters. The van der Waals surface area contributed by atoms with Gasteiger partial charge in [-0.3, -0.25) is 4.99 Å². The molecule has 2 heteroatoms. The molecule has 0 aliphatic rings. The van der Waals surface area contributed by atoms with Gasteiger partial charge in [-0.2, -0.15) is 0 Å². The summed E-state index contributed by atoms with van der Waals surface area (Å²) < 4.78 is 2.80. The van der Waals surface area contributed by atoms with Crippen LogP contribution in [0.15, 0.2) is 28.9 Å². The van der Waals surface area contributed by atoms with Gasteiger partial charge in [0.05, 0.1) is 0 Å². The largest absolute Gasteiger partial charge is 0.260 e. The molecule has 0 saturated heterocycles. The Morgan fingerprint density at radius 2 is 2.15 bits per heavy atom. The zero-order valence-corrected chi connectivity index (χ0v) is 10.4. The van der Waals surface area contributed by atoms with Crippen LogP contribution in [-0.2, 0) is 0 Å². The topological polar surface area (TPSA) is 12.4 Å². The molecule has 0 N–H and O–H groups in total. The second kappa shape index (κ2) is 6.90. The summed E-state index contributed by atoms with van der Waals surface area (Å²) in [6.45, 7) is 9.93. The van der Waals surface area contributed by atoms with Crippen LogP contribution in [0.5, 0.6) is 0 Å². The lowest BCUT2D eigenvalue weighted by atomic mass is 10.2. The fourth-order valence-corrected chi connectivity index (χ4v) is 0.846. The molecule has 0 amide bonds. The third kappa shape index (κ3) is 5.64. The van der Waals surface area contributed by atoms with Crippen LogP contribution in [0.3, 0.4) is 0 Å². The molecule has 1 nitrogen and oxygen atoms in total. The van der Waals surface area contributed by atoms with E-state index in [0.717, 1.165) is 11.3 Å². The van der Waals surface area contributed by atoms with Gasteiger partial charge in [-0.05, 0) is 16.8 Å². The standard InChI is InChI=1S/C11H14IN/c1-5-11(6-7-12)8-13-10(4)9(2)3/h5,8-9H,4H2,1-3H3/b11-5-,13-8?. The molecule has 0 fully saturated rings. The molecule has 0 aromatic carbocycles. The average molecular weight is 287 g/mol. The maximum absolute atomic E-state index is 4.22. The number of hydrogen-bond acceptors (Lipinski definition) is 1. The Morgan fingerprint density at radius 3 is 2.54 bits per heavy atom. The second-order valence-corrected chi connectivity index (χ2v) is 3.41. The Balaban J connectivity index is 4.39. The van der Waals surface area contributed by atoms with Crippen LogP contribution in [0.1, 0.15) is 20.8 Å². The van der Waals surface area contributed by atoms with Crippen LogP contribution in [0.4, 0.5) is 0 Å². The van der Waals surface area contributed by atoms with Gasteiger partial charge >= 0.3 is 0 Å². The van der Waals surface area contributed by atoms with Gasteiger partial charge in [-0.15, -0.1) is 0 Å². The number of rotatable bonds is 3. The average Bonchev–Trinajstić information content (AvgIpc) is 2.11. The molecule has 0 aliphatic heterocycles. The number of allylic oxidation sites excluding steroid dienone is 3. The Kier molecular flexibility index (Phi) is 6.61. The van der Waals surface area contributed by atoms with E-state index in [-0.39, 0.29) is 0 Å².